The molecule has 2 aromatic rings. The summed E-state index contributed by atoms with van der Waals surface area (Å²) >= 11 is 0. The van der Waals surface area contributed by atoms with Gasteiger partial charge in [0.25, 0.3) is 0 Å². The van der Waals surface area contributed by atoms with Crippen LogP contribution in [0.1, 0.15) is 0 Å². The average Bonchev–Trinajstić information content (AvgIpc) is 2.05. The molecule has 0 unspecified atom stereocenters. The Morgan fingerprint density at radius 2 is 1.42 bits per heavy atom. The van der Waals surface area contributed by atoms with Gasteiger partial charge >= 0.3 is 0 Å². The first kappa shape index (κ1) is 10.4. The summed E-state index contributed by atoms with van der Waals surface area (Å²) in [5, 5.41) is 2.26. The summed E-state index contributed by atoms with van der Waals surface area (Å²) in [7, 11) is 0. The van der Waals surface area contributed by atoms with E-state index in [2.05, 4.69) is 24.3 Å². The van der Waals surface area contributed by atoms with Gasteiger partial charge in [0.15, 0.2) is 0 Å². The van der Waals surface area contributed by atoms with Crippen LogP contribution < -0.4 is 0 Å². The molecule has 2 rings (SSSR count). The van der Waals surface area contributed by atoms with Crippen molar-refractivity contribution in [3.63, 3.8) is 0 Å². The smallest absolute Gasteiger partial charge is 0 e. The Bertz CT molecular complexity index is 281. The van der Waals surface area contributed by atoms with Crippen LogP contribution in [-0.2, 0) is 20.4 Å². The molecule has 0 saturated heterocycles. The molecule has 2 aromatic carbocycles. The van der Waals surface area contributed by atoms with Crippen LogP contribution in [0.15, 0.2) is 36.4 Å². The van der Waals surface area contributed by atoms with Crippen LogP contribution in [0.2, 0.25) is 0 Å². The van der Waals surface area contributed by atoms with Gasteiger partial charge in [-0.2, -0.15) is 6.07 Å². The number of rotatable bonds is 0. The topological polar surface area (TPSA) is 0 Å². The first-order valence-electron chi connectivity index (χ1n) is 3.24. The van der Waals surface area contributed by atoms with Crippen LogP contribution in [-0.4, -0.2) is 0 Å². The van der Waals surface area contributed by atoms with E-state index in [4.69, 9.17) is 0 Å². The second kappa shape index (κ2) is 4.28. The predicted octanol–water partition coefficient (Wildman–Crippen LogP) is 2.44. The van der Waals surface area contributed by atoms with E-state index >= 15 is 0 Å². The maximum Gasteiger partial charge on any atom is 0 e. The van der Waals surface area contributed by atoms with Crippen molar-refractivity contribution < 1.29 is 20.4 Å². The van der Waals surface area contributed by atoms with E-state index in [0.29, 0.717) is 0 Å². The minimum absolute atomic E-state index is 0. The Kier molecular flexibility index (Phi) is 3.70. The van der Waals surface area contributed by atoms with Crippen molar-refractivity contribution in [3.05, 3.63) is 48.5 Å². The summed E-state index contributed by atoms with van der Waals surface area (Å²) in [5.74, 6) is 0. The Hall–Kier alpha value is -1.64. The monoisotopic (exact) mass is 580 g/mol. The largest absolute Gasteiger partial charge is 0.286 e. The molecule has 0 heterocycles. The van der Waals surface area contributed by atoms with E-state index in [-0.39, 0.29) is 20.4 Å². The Labute approximate surface area is 79.9 Å². The van der Waals surface area contributed by atoms with Crippen LogP contribution in [0.5, 0.6) is 0 Å². The molecule has 0 aliphatic heterocycles. The molecular weight excluding hydrogens is 573 g/mol. The molecule has 0 saturated carbocycles. The van der Waals surface area contributed by atoms with Gasteiger partial charge in [0.05, 0.1) is 0 Å². The Morgan fingerprint density at radius 1 is 0.917 bits per heavy atom. The third-order valence-corrected chi connectivity index (χ3v) is 1.49. The third kappa shape index (κ3) is 1.69. The van der Waals surface area contributed by atoms with Crippen LogP contribution >= 0.6 is 0 Å². The molecule has 0 aromatic heterocycles. The molecule has 0 amide bonds. The van der Waals surface area contributed by atoms with Gasteiger partial charge in [0, 0.05) is 20.4 Å². The summed E-state index contributed by atoms with van der Waals surface area (Å²) in [6.07, 6.45) is 0. The zero-order chi connectivity index (χ0) is 6.81. The Morgan fingerprint density at radius 3 is 1.83 bits per heavy atom. The number of hydrogen-bond acceptors (Lipinski definition) is 0. The molecule has 0 aliphatic carbocycles. The average molecular weight is 579 g/mol. The van der Waals surface area contributed by atoms with E-state index in [0.717, 1.165) is 5.39 Å². The summed E-state index contributed by atoms with van der Waals surface area (Å²) in [4.78, 5) is 0. The number of benzene rings is 2. The van der Waals surface area contributed by atoms with Gasteiger partial charge in [-0.1, -0.05) is 6.07 Å². The summed E-state index contributed by atoms with van der Waals surface area (Å²) < 4.78 is 0. The van der Waals surface area contributed by atoms with Gasteiger partial charge in [-0.05, 0) is 0 Å². The summed E-state index contributed by atoms with van der Waals surface area (Å²) in [6.45, 7) is 0. The van der Waals surface area contributed by atoms with Crippen LogP contribution in [0, 0.1) is 12.1 Å². The normalized spacial score (nSPS) is 8.33. The van der Waals surface area contributed by atoms with Gasteiger partial charge in [-0.15, -0.1) is 6.07 Å². The number of hydrogen-bond donors (Lipinski definition) is 0. The zero-order valence-electron chi connectivity index (χ0n) is 6.55. The van der Waals surface area contributed by atoms with Gasteiger partial charge in [0.2, 0.25) is 0 Å². The zero-order valence-corrected chi connectivity index (χ0v) is 15.7. The van der Waals surface area contributed by atoms with Crippen LogP contribution in [0.4, 0.5) is 0 Å². The second-order valence-corrected chi connectivity index (χ2v) is 2.17. The first-order valence-corrected chi connectivity index (χ1v) is 3.24. The fourth-order valence-electron chi connectivity index (χ4n) is 0.997. The molecule has 0 N–H and O–H groups in total. The molecule has 0 bridgehead atoms. The molecule has 1 radical (unpaired) electrons. The molecule has 12 heavy (non-hydrogen) atoms. The van der Waals surface area contributed by atoms with E-state index in [1.54, 1.807) is 0 Å². The quantitative estimate of drug-likeness (QED) is 0.421. The van der Waals surface area contributed by atoms with E-state index in [1.807, 2.05) is 24.3 Å². The third-order valence-electron chi connectivity index (χ3n) is 1.49. The van der Waals surface area contributed by atoms with Crippen LogP contribution in [0.3, 0.4) is 0 Å². The molecule has 0 fully saturated rings. The standard InChI is InChI=1S/C10H6.Re.Rf/c1-2-6-10-8-4-3-7-9(10)5-1;;/h1-5,7H;;/q-2;;. The molecule has 2 heteroatoms. The molecule has 0 nitrogen and oxygen atoms in total. The molecular formula is C10H6ReRf-2. The minimum atomic E-state index is 0. The molecule has 57 valence electrons. The molecule has 0 aliphatic rings. The van der Waals surface area contributed by atoms with Gasteiger partial charge in [0.1, 0.15) is 0 Å². The van der Waals surface area contributed by atoms with Crippen molar-refractivity contribution in [1.82, 2.24) is 0 Å². The van der Waals surface area contributed by atoms with Gasteiger partial charge in [-0.25, -0.2) is 23.6 Å². The predicted molar refractivity (Wildman–Crippen MR) is 41.6 cm³/mol. The molecule has 0 spiro atoms. The Balaban J connectivity index is 0.000000605. The van der Waals surface area contributed by atoms with Gasteiger partial charge < -0.3 is 0 Å². The fraction of sp³-hybridized carbons (Fsp3) is 0. The van der Waals surface area contributed by atoms with Crippen molar-refractivity contribution in [2.45, 2.75) is 0 Å². The van der Waals surface area contributed by atoms with Crippen molar-refractivity contribution >= 4 is 10.8 Å². The first-order chi connectivity index (χ1) is 4.97. The summed E-state index contributed by atoms with van der Waals surface area (Å²) in [5.41, 5.74) is 0. The molecule has 0 atom stereocenters. The van der Waals surface area contributed by atoms with Crippen molar-refractivity contribution in [3.8, 4) is 0 Å². The van der Waals surface area contributed by atoms with Crippen molar-refractivity contribution in [2.24, 2.45) is 0 Å². The van der Waals surface area contributed by atoms with Gasteiger partial charge in [-0.3, -0.25) is 17.5 Å². The second-order valence-electron chi connectivity index (χ2n) is 2.17. The van der Waals surface area contributed by atoms with Crippen LogP contribution in [0.25, 0.3) is 10.8 Å². The van der Waals surface area contributed by atoms with Crippen molar-refractivity contribution in [1.29, 1.82) is 0 Å². The van der Waals surface area contributed by atoms with Crippen molar-refractivity contribution in [2.75, 3.05) is 0 Å². The minimum Gasteiger partial charge on any atom is -0.286 e. The maximum absolute atomic E-state index is 3.10. The van der Waals surface area contributed by atoms with E-state index < -0.39 is 0 Å². The SMILES string of the molecule is [Re].[Rf].[c-]1cccc2ccc[c-]c12. The maximum atomic E-state index is 3.10. The summed E-state index contributed by atoms with van der Waals surface area (Å²) in [6, 6.07) is 18.1. The van der Waals surface area contributed by atoms with E-state index in [9.17, 15) is 0 Å². The van der Waals surface area contributed by atoms with E-state index in [1.165, 1.54) is 5.39 Å². The number of fused-ring (bicyclic) bond motifs is 1. The fourth-order valence-corrected chi connectivity index (χ4v) is 0.997.